The Balaban J connectivity index is 1.38. The highest BCUT2D eigenvalue weighted by atomic mass is 31.1. The van der Waals surface area contributed by atoms with E-state index in [-0.39, 0.29) is 23.9 Å². The van der Waals surface area contributed by atoms with Crippen LogP contribution >= 0.6 is 8.16 Å². The second-order valence-electron chi connectivity index (χ2n) is 17.3. The molecule has 0 radical (unpaired) electrons. The number of nitrogens with zero attached hydrogens (tertiary/aromatic N) is 1. The number of fused-ring (bicyclic) bond motifs is 7. The molecule has 0 saturated carbocycles. The molecule has 0 bridgehead atoms. The summed E-state index contributed by atoms with van der Waals surface area (Å²) in [4.78, 5) is 0. The third-order valence-corrected chi connectivity index (χ3v) is 15.1. The van der Waals surface area contributed by atoms with Crippen molar-refractivity contribution in [2.75, 3.05) is 4.67 Å². The van der Waals surface area contributed by atoms with Crippen LogP contribution in [0, 0.1) is 0 Å². The summed E-state index contributed by atoms with van der Waals surface area (Å²) in [5, 5.41) is 6.64. The third-order valence-electron chi connectivity index (χ3n) is 13.3. The molecule has 0 aliphatic rings. The maximum absolute atomic E-state index is 8.01. The van der Waals surface area contributed by atoms with Crippen molar-refractivity contribution < 1.29 is 8.39 Å². The first-order valence-corrected chi connectivity index (χ1v) is 24.1. The first kappa shape index (κ1) is 41.3. The van der Waals surface area contributed by atoms with E-state index in [1.165, 1.54) is 33.4 Å². The minimum absolute atomic E-state index is 0.0941. The average Bonchev–Trinajstić information content (AvgIpc) is 3.57. The molecule has 0 spiro atoms. The molecule has 66 heavy (non-hydrogen) atoms. The largest absolute Gasteiger partial charge is 0.407 e. The van der Waals surface area contributed by atoms with E-state index in [2.05, 4.69) is 261 Å². The molecular weight excluding hydrogens is 822 g/mol. The Hall–Kier alpha value is -7.42. The van der Waals surface area contributed by atoms with Crippen LogP contribution in [0.15, 0.2) is 251 Å². The highest BCUT2D eigenvalue weighted by Gasteiger charge is 2.32. The normalized spacial score (nSPS) is 12.7. The predicted octanol–water partition coefficient (Wildman–Crippen LogP) is 17.4. The van der Waals surface area contributed by atoms with Crippen LogP contribution < -0.4 is 4.67 Å². The zero-order chi connectivity index (χ0) is 44.4. The van der Waals surface area contributed by atoms with Crippen LogP contribution in [0.5, 0.6) is 0 Å². The molecule has 2 atom stereocenters. The number of benzene rings is 10. The monoisotopic (exact) mass is 871 g/mol. The van der Waals surface area contributed by atoms with Crippen molar-refractivity contribution in [3.8, 4) is 0 Å². The summed E-state index contributed by atoms with van der Waals surface area (Å²) in [5.74, 6) is -0.293. The predicted molar refractivity (Wildman–Crippen MR) is 277 cm³/mol. The standard InChI is InChI=1S/C62H50NO2P/c1-43(45-25-9-3-10-26-45)63(44(2)46-27-11-4-12-28-46)66-64-61-55(57(47-29-13-5-14-30-47)48-31-15-6-16-32-48)41-51-37-21-23-39-53(51)59(61)60-54-40-24-22-38-52(54)42-56(62(60)65-66)58(49-33-17-7-18-34-49)50-35-19-8-20-36-50/h3-44,57-58H,1-2H3/t43-,44-/m1/s1. The van der Waals surface area contributed by atoms with Crippen molar-refractivity contribution in [3.63, 3.8) is 0 Å². The van der Waals surface area contributed by atoms with Gasteiger partial charge in [0.05, 0.1) is 0 Å². The van der Waals surface area contributed by atoms with Crippen LogP contribution in [0.2, 0.25) is 0 Å². The van der Waals surface area contributed by atoms with Gasteiger partial charge in [0.15, 0.2) is 0 Å². The van der Waals surface area contributed by atoms with E-state index in [4.69, 9.17) is 8.39 Å². The van der Waals surface area contributed by atoms with Crippen LogP contribution in [0.1, 0.15) is 82.3 Å². The van der Waals surface area contributed by atoms with Crippen LogP contribution in [0.3, 0.4) is 0 Å². The second kappa shape index (κ2) is 18.2. The quantitative estimate of drug-likeness (QED) is 0.121. The maximum Gasteiger partial charge on any atom is 0.310 e. The molecule has 0 N–H and O–H groups in total. The molecule has 1 aromatic heterocycles. The minimum atomic E-state index is -1.90. The maximum atomic E-state index is 8.01. The van der Waals surface area contributed by atoms with Crippen LogP contribution in [0.4, 0.5) is 0 Å². The van der Waals surface area contributed by atoms with E-state index in [0.29, 0.717) is 0 Å². The average molecular weight is 872 g/mol. The lowest BCUT2D eigenvalue weighted by molar-refractivity contribution is 0.556. The Kier molecular flexibility index (Phi) is 11.4. The molecule has 0 aliphatic heterocycles. The van der Waals surface area contributed by atoms with Gasteiger partial charge in [0.25, 0.3) is 0 Å². The lowest BCUT2D eigenvalue weighted by Crippen LogP contribution is -2.27. The SMILES string of the molecule is C[C@H](c1ccccc1)N([C@H](C)c1ccccc1)p1oc2c(C(c3ccccc3)c3ccccc3)cc3ccccc3c2c2c(o1)c(C(c1ccccc1)c1ccccc1)cc1ccccc12. The molecule has 0 amide bonds. The zero-order valence-electron chi connectivity index (χ0n) is 37.1. The zero-order valence-corrected chi connectivity index (χ0v) is 38.0. The topological polar surface area (TPSA) is 29.5 Å². The Bertz CT molecular complexity index is 3140. The molecule has 0 aliphatic carbocycles. The van der Waals surface area contributed by atoms with Gasteiger partial charge in [0, 0.05) is 45.8 Å². The van der Waals surface area contributed by atoms with Gasteiger partial charge in [-0.1, -0.05) is 231 Å². The molecule has 0 fully saturated rings. The first-order valence-electron chi connectivity index (χ1n) is 23.0. The first-order chi connectivity index (χ1) is 32.6. The molecule has 10 aromatic carbocycles. The lowest BCUT2D eigenvalue weighted by atomic mass is 9.81. The molecule has 0 saturated heterocycles. The summed E-state index contributed by atoms with van der Waals surface area (Å²) >= 11 is 0. The van der Waals surface area contributed by atoms with E-state index in [1.807, 2.05) is 0 Å². The van der Waals surface area contributed by atoms with Gasteiger partial charge in [-0.3, -0.25) is 0 Å². The highest BCUT2D eigenvalue weighted by molar-refractivity contribution is 7.39. The van der Waals surface area contributed by atoms with Crippen LogP contribution in [-0.2, 0) is 0 Å². The summed E-state index contributed by atoms with van der Waals surface area (Å²) in [5.41, 5.74) is 11.0. The van der Waals surface area contributed by atoms with Crippen molar-refractivity contribution in [3.05, 3.63) is 287 Å². The molecule has 0 unspecified atom stereocenters. The number of hydrogen-bond acceptors (Lipinski definition) is 3. The van der Waals surface area contributed by atoms with E-state index in [9.17, 15) is 0 Å². The Morgan fingerprint density at radius 2 is 0.606 bits per heavy atom. The third kappa shape index (κ3) is 7.71. The molecule has 11 aromatic rings. The van der Waals surface area contributed by atoms with Gasteiger partial charge in [-0.05, 0) is 80.9 Å². The van der Waals surface area contributed by atoms with Crippen molar-refractivity contribution in [1.82, 2.24) is 0 Å². The summed E-state index contributed by atoms with van der Waals surface area (Å²) in [7, 11) is -1.90. The van der Waals surface area contributed by atoms with Crippen molar-refractivity contribution in [2.24, 2.45) is 0 Å². The van der Waals surface area contributed by atoms with Crippen LogP contribution in [0.25, 0.3) is 43.5 Å². The van der Waals surface area contributed by atoms with Crippen molar-refractivity contribution in [1.29, 1.82) is 0 Å². The van der Waals surface area contributed by atoms with Crippen molar-refractivity contribution in [2.45, 2.75) is 37.8 Å². The minimum Gasteiger partial charge on any atom is -0.407 e. The smallest absolute Gasteiger partial charge is 0.310 e. The highest BCUT2D eigenvalue weighted by Crippen LogP contribution is 2.52. The van der Waals surface area contributed by atoms with Crippen LogP contribution in [-0.4, -0.2) is 0 Å². The molecule has 320 valence electrons. The van der Waals surface area contributed by atoms with Gasteiger partial charge in [-0.2, -0.15) is 4.67 Å². The second-order valence-corrected chi connectivity index (χ2v) is 18.6. The van der Waals surface area contributed by atoms with Gasteiger partial charge in [0.1, 0.15) is 11.2 Å². The molecule has 11 rings (SSSR count). The van der Waals surface area contributed by atoms with E-state index < -0.39 is 8.16 Å². The van der Waals surface area contributed by atoms with Gasteiger partial charge < -0.3 is 8.39 Å². The molecular formula is C62H50NO2P. The Morgan fingerprint density at radius 3 is 0.924 bits per heavy atom. The van der Waals surface area contributed by atoms with E-state index >= 15 is 0 Å². The van der Waals surface area contributed by atoms with Gasteiger partial charge in [0.2, 0.25) is 0 Å². The van der Waals surface area contributed by atoms with Gasteiger partial charge >= 0.3 is 8.16 Å². The Morgan fingerprint density at radius 1 is 0.333 bits per heavy atom. The fourth-order valence-corrected chi connectivity index (χ4v) is 11.9. The lowest BCUT2D eigenvalue weighted by Gasteiger charge is -2.32. The van der Waals surface area contributed by atoms with Gasteiger partial charge in [-0.15, -0.1) is 0 Å². The fraction of sp³-hybridized carbons (Fsp3) is 0.0968. The summed E-state index contributed by atoms with van der Waals surface area (Å²) in [6.07, 6.45) is 0. The molecule has 1 heterocycles. The van der Waals surface area contributed by atoms with E-state index in [1.54, 1.807) is 0 Å². The summed E-state index contributed by atoms with van der Waals surface area (Å²) in [6.45, 7) is 4.60. The van der Waals surface area contributed by atoms with Crippen molar-refractivity contribution >= 4 is 51.6 Å². The number of hydrogen-bond donors (Lipinski definition) is 0. The molecule has 3 nitrogen and oxygen atoms in total. The van der Waals surface area contributed by atoms with E-state index in [0.717, 1.165) is 54.6 Å². The Labute approximate surface area is 387 Å². The van der Waals surface area contributed by atoms with Gasteiger partial charge in [-0.25, -0.2) is 0 Å². The molecule has 4 heteroatoms. The summed E-state index contributed by atoms with van der Waals surface area (Å²) in [6, 6.07) is 87.5. The fourth-order valence-electron chi connectivity index (χ4n) is 10.2. The summed E-state index contributed by atoms with van der Waals surface area (Å²) < 4.78 is 18.5. The number of rotatable bonds is 11.